The molecule has 0 aliphatic carbocycles. The van der Waals surface area contributed by atoms with Gasteiger partial charge in [0.2, 0.25) is 0 Å². The summed E-state index contributed by atoms with van der Waals surface area (Å²) in [4.78, 5) is 14.9. The van der Waals surface area contributed by atoms with Crippen LogP contribution in [-0.4, -0.2) is 54.3 Å². The summed E-state index contributed by atoms with van der Waals surface area (Å²) in [5.41, 5.74) is 1.87. The van der Waals surface area contributed by atoms with Crippen LogP contribution in [0.15, 0.2) is 52.9 Å². The zero-order valence-electron chi connectivity index (χ0n) is 18.3. The van der Waals surface area contributed by atoms with E-state index >= 15 is 0 Å². The summed E-state index contributed by atoms with van der Waals surface area (Å²) >= 11 is 0. The Morgan fingerprint density at radius 2 is 1.91 bits per heavy atom. The predicted octanol–water partition coefficient (Wildman–Crippen LogP) is 4.29. The third kappa shape index (κ3) is 5.64. The number of amides is 1. The largest absolute Gasteiger partial charge is 0.496 e. The standard InChI is InChI=1S/C24H29N5O3/c1-31-21-17-19(26-22(30)18-9-3-2-4-10-18)11-12-20(21)23-27-28-24(32-23)25-13-5-6-14-29-15-7-8-16-29/h2-4,9-12,17H,5-8,13-16H2,1H3,(H,25,28)(H,26,30). The molecule has 3 aromatic rings. The van der Waals surface area contributed by atoms with Gasteiger partial charge >= 0.3 is 6.01 Å². The third-order valence-corrected chi connectivity index (χ3v) is 5.53. The number of aromatic nitrogens is 2. The molecule has 1 saturated heterocycles. The highest BCUT2D eigenvalue weighted by atomic mass is 16.5. The minimum absolute atomic E-state index is 0.186. The Bertz CT molecular complexity index is 1020. The van der Waals surface area contributed by atoms with Crippen LogP contribution in [0.25, 0.3) is 11.5 Å². The van der Waals surface area contributed by atoms with Crippen molar-refractivity contribution in [1.29, 1.82) is 0 Å². The number of nitrogens with one attached hydrogen (secondary N) is 2. The molecule has 168 valence electrons. The number of rotatable bonds is 10. The highest BCUT2D eigenvalue weighted by molar-refractivity contribution is 6.04. The minimum Gasteiger partial charge on any atom is -0.496 e. The minimum atomic E-state index is -0.186. The van der Waals surface area contributed by atoms with E-state index in [1.54, 1.807) is 37.4 Å². The van der Waals surface area contributed by atoms with Crippen molar-refractivity contribution in [3.8, 4) is 17.2 Å². The molecule has 8 heteroatoms. The molecule has 1 fully saturated rings. The Labute approximate surface area is 188 Å². The molecule has 0 unspecified atom stereocenters. The van der Waals surface area contributed by atoms with Crippen molar-refractivity contribution in [2.75, 3.05) is 43.9 Å². The monoisotopic (exact) mass is 435 g/mol. The molecule has 0 spiro atoms. The third-order valence-electron chi connectivity index (χ3n) is 5.53. The highest BCUT2D eigenvalue weighted by Gasteiger charge is 2.15. The van der Waals surface area contributed by atoms with Crippen molar-refractivity contribution in [2.45, 2.75) is 25.7 Å². The molecule has 0 saturated carbocycles. The second kappa shape index (κ2) is 10.8. The van der Waals surface area contributed by atoms with Gasteiger partial charge in [-0.2, -0.15) is 0 Å². The SMILES string of the molecule is COc1cc(NC(=O)c2ccccc2)ccc1-c1nnc(NCCCCN2CCCC2)o1. The summed E-state index contributed by atoms with van der Waals surface area (Å²) in [6.07, 6.45) is 4.85. The van der Waals surface area contributed by atoms with Gasteiger partial charge in [0.1, 0.15) is 5.75 Å². The van der Waals surface area contributed by atoms with Gasteiger partial charge in [0.15, 0.2) is 0 Å². The van der Waals surface area contributed by atoms with Gasteiger partial charge in [0.25, 0.3) is 11.8 Å². The van der Waals surface area contributed by atoms with Crippen molar-refractivity contribution in [3.05, 3.63) is 54.1 Å². The first-order valence-corrected chi connectivity index (χ1v) is 11.1. The average molecular weight is 436 g/mol. The molecule has 32 heavy (non-hydrogen) atoms. The molecule has 2 N–H and O–H groups in total. The predicted molar refractivity (Wildman–Crippen MR) is 124 cm³/mol. The zero-order chi connectivity index (χ0) is 22.2. The van der Waals surface area contributed by atoms with Crippen molar-refractivity contribution >= 4 is 17.6 Å². The summed E-state index contributed by atoms with van der Waals surface area (Å²) in [6, 6.07) is 14.8. The van der Waals surface area contributed by atoms with Gasteiger partial charge in [-0.15, -0.1) is 5.10 Å². The maximum atomic E-state index is 12.4. The lowest BCUT2D eigenvalue weighted by molar-refractivity contribution is 0.102. The first-order valence-electron chi connectivity index (χ1n) is 11.1. The Kier molecular flexibility index (Phi) is 7.34. The van der Waals surface area contributed by atoms with Crippen LogP contribution in [-0.2, 0) is 0 Å². The van der Waals surface area contributed by atoms with Gasteiger partial charge in [-0.05, 0) is 69.6 Å². The van der Waals surface area contributed by atoms with E-state index in [0.717, 1.165) is 25.9 Å². The number of unbranched alkanes of at least 4 members (excludes halogenated alkanes) is 1. The molecular formula is C24H29N5O3. The Morgan fingerprint density at radius 1 is 1.09 bits per heavy atom. The Morgan fingerprint density at radius 3 is 2.69 bits per heavy atom. The van der Waals surface area contributed by atoms with E-state index in [0.29, 0.717) is 34.5 Å². The normalized spacial score (nSPS) is 13.8. The van der Waals surface area contributed by atoms with Gasteiger partial charge in [-0.1, -0.05) is 23.3 Å². The first kappa shape index (κ1) is 21.8. The number of methoxy groups -OCH3 is 1. The van der Waals surface area contributed by atoms with Crippen LogP contribution in [0.1, 0.15) is 36.0 Å². The molecule has 2 heterocycles. The van der Waals surface area contributed by atoms with Gasteiger partial charge in [0.05, 0.1) is 12.7 Å². The number of likely N-dealkylation sites (tertiary alicyclic amines) is 1. The summed E-state index contributed by atoms with van der Waals surface area (Å²) in [5, 5.41) is 14.3. The molecule has 4 rings (SSSR count). The van der Waals surface area contributed by atoms with Crippen LogP contribution >= 0.6 is 0 Å². The maximum absolute atomic E-state index is 12.4. The molecule has 0 bridgehead atoms. The van der Waals surface area contributed by atoms with Gasteiger partial charge in [-0.25, -0.2) is 0 Å². The number of anilines is 2. The number of benzene rings is 2. The quantitative estimate of drug-likeness (QED) is 0.459. The first-order chi connectivity index (χ1) is 15.7. The van der Waals surface area contributed by atoms with E-state index in [-0.39, 0.29) is 5.91 Å². The Balaban J connectivity index is 1.33. The lowest BCUT2D eigenvalue weighted by Crippen LogP contribution is -2.20. The van der Waals surface area contributed by atoms with Gasteiger partial charge < -0.3 is 24.7 Å². The maximum Gasteiger partial charge on any atom is 0.315 e. The van der Waals surface area contributed by atoms with Crippen molar-refractivity contribution in [2.24, 2.45) is 0 Å². The fourth-order valence-corrected chi connectivity index (χ4v) is 3.80. The topological polar surface area (TPSA) is 92.5 Å². The summed E-state index contributed by atoms with van der Waals surface area (Å²) < 4.78 is 11.3. The highest BCUT2D eigenvalue weighted by Crippen LogP contribution is 2.32. The number of hydrogen-bond acceptors (Lipinski definition) is 7. The molecular weight excluding hydrogens is 406 g/mol. The molecule has 1 aliphatic heterocycles. The van der Waals surface area contributed by atoms with Crippen molar-refractivity contribution in [3.63, 3.8) is 0 Å². The van der Waals surface area contributed by atoms with Crippen LogP contribution in [0.5, 0.6) is 5.75 Å². The number of nitrogens with zero attached hydrogens (tertiary/aromatic N) is 3. The smallest absolute Gasteiger partial charge is 0.315 e. The summed E-state index contributed by atoms with van der Waals surface area (Å²) in [6.45, 7) is 4.41. The molecule has 1 amide bonds. The molecule has 1 aromatic heterocycles. The second-order valence-corrected chi connectivity index (χ2v) is 7.83. The number of hydrogen-bond donors (Lipinski definition) is 2. The van der Waals surface area contributed by atoms with E-state index in [1.807, 2.05) is 18.2 Å². The van der Waals surface area contributed by atoms with Crippen LogP contribution in [0.3, 0.4) is 0 Å². The molecule has 0 radical (unpaired) electrons. The van der Waals surface area contributed by atoms with Crippen LogP contribution in [0.4, 0.5) is 11.7 Å². The van der Waals surface area contributed by atoms with E-state index < -0.39 is 0 Å². The number of carbonyl (C=O) groups excluding carboxylic acids is 1. The lowest BCUT2D eigenvalue weighted by Gasteiger charge is -2.13. The summed E-state index contributed by atoms with van der Waals surface area (Å²) in [5.74, 6) is 0.716. The average Bonchev–Trinajstić information content (AvgIpc) is 3.52. The number of ether oxygens (including phenoxy) is 1. The van der Waals surface area contributed by atoms with E-state index in [1.165, 1.54) is 25.9 Å². The second-order valence-electron chi connectivity index (χ2n) is 7.83. The van der Waals surface area contributed by atoms with Crippen molar-refractivity contribution < 1.29 is 13.9 Å². The van der Waals surface area contributed by atoms with E-state index in [9.17, 15) is 4.79 Å². The summed E-state index contributed by atoms with van der Waals surface area (Å²) in [7, 11) is 1.57. The van der Waals surface area contributed by atoms with Gasteiger partial charge in [0, 0.05) is 23.9 Å². The van der Waals surface area contributed by atoms with Crippen LogP contribution < -0.4 is 15.4 Å². The van der Waals surface area contributed by atoms with Crippen molar-refractivity contribution in [1.82, 2.24) is 15.1 Å². The lowest BCUT2D eigenvalue weighted by atomic mass is 10.1. The molecule has 2 aromatic carbocycles. The zero-order valence-corrected chi connectivity index (χ0v) is 18.3. The number of carbonyl (C=O) groups is 1. The molecule has 0 atom stereocenters. The van der Waals surface area contributed by atoms with Gasteiger partial charge in [-0.3, -0.25) is 4.79 Å². The van der Waals surface area contributed by atoms with E-state index in [4.69, 9.17) is 9.15 Å². The van der Waals surface area contributed by atoms with Crippen LogP contribution in [0.2, 0.25) is 0 Å². The molecule has 8 nitrogen and oxygen atoms in total. The van der Waals surface area contributed by atoms with Crippen LogP contribution in [0, 0.1) is 0 Å². The Hall–Kier alpha value is -3.39. The fraction of sp³-hybridized carbons (Fsp3) is 0.375. The van der Waals surface area contributed by atoms with E-state index in [2.05, 4.69) is 25.7 Å². The molecule has 1 aliphatic rings. The fourth-order valence-electron chi connectivity index (χ4n) is 3.80.